The van der Waals surface area contributed by atoms with E-state index in [-0.39, 0.29) is 19.0 Å². The van der Waals surface area contributed by atoms with Crippen LogP contribution in [0.5, 0.6) is 0 Å². The van der Waals surface area contributed by atoms with Crippen molar-refractivity contribution in [3.05, 3.63) is 0 Å². The zero-order valence-electron chi connectivity index (χ0n) is 9.77. The Hall–Kier alpha value is -1.30. The number of carboxylic acid groups (broad SMARTS) is 1. The molecule has 1 unspecified atom stereocenters. The summed E-state index contributed by atoms with van der Waals surface area (Å²) in [6, 6.07) is -1.17. The van der Waals surface area contributed by atoms with Crippen molar-refractivity contribution in [2.75, 3.05) is 6.54 Å². The van der Waals surface area contributed by atoms with E-state index in [9.17, 15) is 9.59 Å². The van der Waals surface area contributed by atoms with Crippen LogP contribution in [0.25, 0.3) is 0 Å². The highest BCUT2D eigenvalue weighted by molar-refractivity contribution is 5.81. The Morgan fingerprint density at radius 1 is 1.44 bits per heavy atom. The molecule has 16 heavy (non-hydrogen) atoms. The number of nitrogens with two attached hydrogens (primary N) is 1. The number of likely N-dealkylation sites (tertiary alicyclic amines) is 1. The fourth-order valence-corrected chi connectivity index (χ4v) is 1.62. The van der Waals surface area contributed by atoms with Crippen molar-refractivity contribution < 1.29 is 19.4 Å². The molecule has 0 bridgehead atoms. The molecule has 2 atom stereocenters. The summed E-state index contributed by atoms with van der Waals surface area (Å²) >= 11 is 0. The number of hydrogen-bond acceptors (Lipinski definition) is 4. The molecule has 0 radical (unpaired) electrons. The predicted molar refractivity (Wildman–Crippen MR) is 57.0 cm³/mol. The largest absolute Gasteiger partial charge is 0.480 e. The van der Waals surface area contributed by atoms with Crippen molar-refractivity contribution in [1.29, 1.82) is 0 Å². The highest BCUT2D eigenvalue weighted by atomic mass is 16.6. The lowest BCUT2D eigenvalue weighted by Crippen LogP contribution is -2.43. The van der Waals surface area contributed by atoms with E-state index in [0.29, 0.717) is 0 Å². The number of hydrogen-bond donors (Lipinski definition) is 2. The van der Waals surface area contributed by atoms with E-state index >= 15 is 0 Å². The molecule has 1 heterocycles. The number of aliphatic carboxylic acids is 1. The smallest absolute Gasteiger partial charge is 0.411 e. The highest BCUT2D eigenvalue weighted by Gasteiger charge is 2.40. The van der Waals surface area contributed by atoms with Gasteiger partial charge in [-0.15, -0.1) is 0 Å². The molecule has 1 aliphatic rings. The molecule has 0 spiro atoms. The Morgan fingerprint density at radius 3 is 2.44 bits per heavy atom. The first-order chi connectivity index (χ1) is 7.20. The predicted octanol–water partition coefficient (Wildman–Crippen LogP) is 0.408. The summed E-state index contributed by atoms with van der Waals surface area (Å²) < 4.78 is 5.12. The SMILES string of the molecule is CC(C)(C)OC(=O)N1C[C@H](N)CC1C(=O)O. The molecule has 1 rings (SSSR count). The lowest BCUT2D eigenvalue weighted by atomic mass is 10.2. The fourth-order valence-electron chi connectivity index (χ4n) is 1.62. The molecule has 1 amide bonds. The Morgan fingerprint density at radius 2 is 2.00 bits per heavy atom. The van der Waals surface area contributed by atoms with Crippen LogP contribution in [0.3, 0.4) is 0 Å². The minimum atomic E-state index is -1.04. The first kappa shape index (κ1) is 12.8. The van der Waals surface area contributed by atoms with Gasteiger partial charge in [0.1, 0.15) is 11.6 Å². The van der Waals surface area contributed by atoms with Gasteiger partial charge in [0.15, 0.2) is 0 Å². The number of amides is 1. The van der Waals surface area contributed by atoms with Crippen molar-refractivity contribution in [1.82, 2.24) is 4.90 Å². The lowest BCUT2D eigenvalue weighted by molar-refractivity contribution is -0.142. The molecular formula is C10H18N2O4. The number of nitrogens with zero attached hydrogens (tertiary/aromatic N) is 1. The van der Waals surface area contributed by atoms with E-state index in [1.54, 1.807) is 20.8 Å². The summed E-state index contributed by atoms with van der Waals surface area (Å²) in [6.45, 7) is 5.43. The third-order valence-corrected chi connectivity index (χ3v) is 2.25. The third-order valence-electron chi connectivity index (χ3n) is 2.25. The van der Waals surface area contributed by atoms with E-state index in [2.05, 4.69) is 0 Å². The van der Waals surface area contributed by atoms with Crippen LogP contribution in [0.15, 0.2) is 0 Å². The van der Waals surface area contributed by atoms with Gasteiger partial charge in [-0.3, -0.25) is 4.90 Å². The van der Waals surface area contributed by atoms with Gasteiger partial charge in [-0.1, -0.05) is 0 Å². The summed E-state index contributed by atoms with van der Waals surface area (Å²) in [7, 11) is 0. The van der Waals surface area contributed by atoms with E-state index in [1.165, 1.54) is 4.90 Å². The van der Waals surface area contributed by atoms with Gasteiger partial charge < -0.3 is 15.6 Å². The van der Waals surface area contributed by atoms with Crippen molar-refractivity contribution in [3.63, 3.8) is 0 Å². The van der Waals surface area contributed by atoms with Gasteiger partial charge in [0.05, 0.1) is 0 Å². The average Bonchev–Trinajstić information content (AvgIpc) is 2.44. The normalized spacial score (nSPS) is 25.6. The molecule has 1 fully saturated rings. The van der Waals surface area contributed by atoms with Gasteiger partial charge in [0.25, 0.3) is 0 Å². The highest BCUT2D eigenvalue weighted by Crippen LogP contribution is 2.20. The molecule has 0 aromatic rings. The van der Waals surface area contributed by atoms with Gasteiger partial charge in [-0.2, -0.15) is 0 Å². The molecule has 0 aromatic heterocycles. The maximum Gasteiger partial charge on any atom is 0.411 e. The van der Waals surface area contributed by atoms with Crippen LogP contribution in [-0.2, 0) is 9.53 Å². The summed E-state index contributed by atoms with van der Waals surface area (Å²) in [5.74, 6) is -1.04. The number of carbonyl (C=O) groups is 2. The van der Waals surface area contributed by atoms with Crippen LogP contribution in [0.4, 0.5) is 4.79 Å². The third kappa shape index (κ3) is 3.10. The molecule has 6 nitrogen and oxygen atoms in total. The zero-order valence-corrected chi connectivity index (χ0v) is 9.77. The molecule has 0 aliphatic carbocycles. The van der Waals surface area contributed by atoms with Crippen LogP contribution in [0.1, 0.15) is 27.2 Å². The minimum absolute atomic E-state index is 0.228. The Balaban J connectivity index is 2.71. The van der Waals surface area contributed by atoms with Gasteiger partial charge in [-0.05, 0) is 27.2 Å². The Kier molecular flexibility index (Phi) is 3.42. The standard InChI is InChI=1S/C10H18N2O4/c1-10(2,3)16-9(15)12-5-6(11)4-7(12)8(13)14/h6-7H,4-5,11H2,1-3H3,(H,13,14)/t6-,7?/m1/s1. The molecule has 6 heteroatoms. The Bertz CT molecular complexity index is 298. The van der Waals surface area contributed by atoms with Crippen LogP contribution in [-0.4, -0.2) is 46.3 Å². The Labute approximate surface area is 94.3 Å². The van der Waals surface area contributed by atoms with Gasteiger partial charge >= 0.3 is 12.1 Å². The summed E-state index contributed by atoms with van der Waals surface area (Å²) in [4.78, 5) is 23.8. The minimum Gasteiger partial charge on any atom is -0.480 e. The number of ether oxygens (including phenoxy) is 1. The van der Waals surface area contributed by atoms with E-state index < -0.39 is 23.7 Å². The van der Waals surface area contributed by atoms with Crippen molar-refractivity contribution >= 4 is 12.1 Å². The van der Waals surface area contributed by atoms with Crippen molar-refractivity contribution in [2.24, 2.45) is 5.73 Å². The quantitative estimate of drug-likeness (QED) is 0.680. The number of rotatable bonds is 1. The molecule has 1 aliphatic heterocycles. The molecule has 92 valence electrons. The first-order valence-corrected chi connectivity index (χ1v) is 5.18. The maximum atomic E-state index is 11.7. The second-order valence-corrected chi connectivity index (χ2v) is 4.98. The summed E-state index contributed by atoms with van der Waals surface area (Å²) in [5.41, 5.74) is 5.01. The topological polar surface area (TPSA) is 92.9 Å². The molecular weight excluding hydrogens is 212 g/mol. The van der Waals surface area contributed by atoms with Crippen molar-refractivity contribution in [2.45, 2.75) is 44.9 Å². The second kappa shape index (κ2) is 4.29. The summed E-state index contributed by atoms with van der Waals surface area (Å²) in [6.07, 6.45) is -0.345. The maximum absolute atomic E-state index is 11.7. The van der Waals surface area contributed by atoms with Crippen LogP contribution >= 0.6 is 0 Å². The van der Waals surface area contributed by atoms with E-state index in [0.717, 1.165) is 0 Å². The van der Waals surface area contributed by atoms with Gasteiger partial charge in [-0.25, -0.2) is 9.59 Å². The molecule has 0 aromatic carbocycles. The average molecular weight is 230 g/mol. The first-order valence-electron chi connectivity index (χ1n) is 5.18. The zero-order chi connectivity index (χ0) is 12.5. The second-order valence-electron chi connectivity index (χ2n) is 4.98. The van der Waals surface area contributed by atoms with Gasteiger partial charge in [0.2, 0.25) is 0 Å². The van der Waals surface area contributed by atoms with Crippen LogP contribution in [0, 0.1) is 0 Å². The lowest BCUT2D eigenvalue weighted by Gasteiger charge is -2.26. The number of carboxylic acids is 1. The summed E-state index contributed by atoms with van der Waals surface area (Å²) in [5, 5.41) is 8.94. The van der Waals surface area contributed by atoms with Gasteiger partial charge in [0, 0.05) is 12.6 Å². The van der Waals surface area contributed by atoms with E-state index in [1.807, 2.05) is 0 Å². The fraction of sp³-hybridized carbons (Fsp3) is 0.800. The molecule has 1 saturated heterocycles. The molecule has 0 saturated carbocycles. The number of carbonyl (C=O) groups excluding carboxylic acids is 1. The monoisotopic (exact) mass is 230 g/mol. The van der Waals surface area contributed by atoms with Crippen LogP contribution < -0.4 is 5.73 Å². The van der Waals surface area contributed by atoms with Crippen molar-refractivity contribution in [3.8, 4) is 0 Å². The van der Waals surface area contributed by atoms with E-state index in [4.69, 9.17) is 15.6 Å². The molecule has 3 N–H and O–H groups in total. The van der Waals surface area contributed by atoms with Crippen LogP contribution in [0.2, 0.25) is 0 Å².